The number of hydrogen-bond acceptors (Lipinski definition) is 8. The molecule has 3 N–H and O–H groups in total. The fourth-order valence-corrected chi connectivity index (χ4v) is 3.34. The van der Waals surface area contributed by atoms with Gasteiger partial charge in [0.25, 0.3) is 0 Å². The number of nitrogens with zero attached hydrogens (tertiary/aromatic N) is 2. The molecule has 1 amide bonds. The fourth-order valence-electron chi connectivity index (χ4n) is 3.34. The maximum absolute atomic E-state index is 11.6. The summed E-state index contributed by atoms with van der Waals surface area (Å²) in [7, 11) is 0. The van der Waals surface area contributed by atoms with Crippen molar-refractivity contribution in [1.82, 2.24) is 4.98 Å². The molecule has 0 unspecified atom stereocenters. The van der Waals surface area contributed by atoms with Gasteiger partial charge in [0, 0.05) is 12.0 Å². The number of amides is 1. The van der Waals surface area contributed by atoms with Gasteiger partial charge >= 0.3 is 11.8 Å². The van der Waals surface area contributed by atoms with E-state index in [0.717, 1.165) is 5.56 Å². The molecule has 0 aliphatic carbocycles. The standard InChI is InChI=1S/C23H26N4O6/c1-2-31-15-17(13-16-7-9-18(10-8-16)32-11-12-33-23(24)28)26-22-19-5-3-4-6-20(19)25-14-21(22)27(29)30/h3-10,14,17H,2,11-13,15H2,1H3,(H2,24,28)(H,25,26)/t17-/m0/s1. The molecular formula is C23H26N4O6. The molecule has 0 spiro atoms. The van der Waals surface area contributed by atoms with E-state index in [1.165, 1.54) is 6.20 Å². The van der Waals surface area contributed by atoms with Gasteiger partial charge < -0.3 is 25.3 Å². The van der Waals surface area contributed by atoms with Crippen LogP contribution < -0.4 is 15.8 Å². The predicted octanol–water partition coefficient (Wildman–Crippen LogP) is 3.68. The molecule has 0 radical (unpaired) electrons. The number of fused-ring (bicyclic) bond motifs is 1. The number of rotatable bonds is 12. The van der Waals surface area contributed by atoms with E-state index in [1.54, 1.807) is 0 Å². The first-order valence-electron chi connectivity index (χ1n) is 10.5. The number of anilines is 1. The van der Waals surface area contributed by atoms with Crippen molar-refractivity contribution in [3.05, 3.63) is 70.4 Å². The number of nitrogens with one attached hydrogen (secondary N) is 1. The van der Waals surface area contributed by atoms with E-state index in [-0.39, 0.29) is 24.9 Å². The lowest BCUT2D eigenvalue weighted by Crippen LogP contribution is -2.28. The Morgan fingerprint density at radius 2 is 1.94 bits per heavy atom. The minimum atomic E-state index is -0.844. The number of primary amides is 1. The number of carbonyl (C=O) groups excluding carboxylic acids is 1. The molecule has 0 bridgehead atoms. The molecule has 3 rings (SSSR count). The molecule has 0 fully saturated rings. The van der Waals surface area contributed by atoms with E-state index in [4.69, 9.17) is 15.2 Å². The van der Waals surface area contributed by atoms with Crippen molar-refractivity contribution in [2.24, 2.45) is 5.73 Å². The van der Waals surface area contributed by atoms with Crippen LogP contribution in [0.2, 0.25) is 0 Å². The summed E-state index contributed by atoms with van der Waals surface area (Å²) >= 11 is 0. The second-order valence-corrected chi connectivity index (χ2v) is 7.16. The van der Waals surface area contributed by atoms with E-state index in [1.807, 2.05) is 55.5 Å². The molecule has 1 heterocycles. The van der Waals surface area contributed by atoms with Gasteiger partial charge in [-0.1, -0.05) is 30.3 Å². The van der Waals surface area contributed by atoms with Crippen LogP contribution in [0.4, 0.5) is 16.2 Å². The number of nitrogens with two attached hydrogens (primary N) is 1. The first-order valence-corrected chi connectivity index (χ1v) is 10.5. The molecule has 1 atom stereocenters. The summed E-state index contributed by atoms with van der Waals surface area (Å²) in [5, 5.41) is 15.6. The third-order valence-electron chi connectivity index (χ3n) is 4.83. The van der Waals surface area contributed by atoms with Crippen LogP contribution in [0.5, 0.6) is 5.75 Å². The number of carbonyl (C=O) groups is 1. The normalized spacial score (nSPS) is 11.7. The maximum atomic E-state index is 11.6. The second kappa shape index (κ2) is 11.6. The first-order chi connectivity index (χ1) is 16.0. The highest BCUT2D eigenvalue weighted by Crippen LogP contribution is 2.32. The molecule has 10 nitrogen and oxygen atoms in total. The number of hydrogen-bond donors (Lipinski definition) is 2. The number of nitro groups is 1. The van der Waals surface area contributed by atoms with Gasteiger partial charge in [-0.05, 0) is 37.1 Å². The Balaban J connectivity index is 1.75. The van der Waals surface area contributed by atoms with Crippen molar-refractivity contribution in [2.75, 3.05) is 31.7 Å². The Hall–Kier alpha value is -3.92. The topological polar surface area (TPSA) is 139 Å². The van der Waals surface area contributed by atoms with Crippen LogP contribution in [0.3, 0.4) is 0 Å². The van der Waals surface area contributed by atoms with Gasteiger partial charge in [-0.3, -0.25) is 10.1 Å². The van der Waals surface area contributed by atoms with Crippen molar-refractivity contribution in [3.8, 4) is 5.75 Å². The van der Waals surface area contributed by atoms with Crippen LogP contribution in [-0.2, 0) is 15.9 Å². The second-order valence-electron chi connectivity index (χ2n) is 7.16. The van der Waals surface area contributed by atoms with Crippen molar-refractivity contribution >= 4 is 28.4 Å². The van der Waals surface area contributed by atoms with Gasteiger partial charge in [0.15, 0.2) is 0 Å². The predicted molar refractivity (Wildman–Crippen MR) is 123 cm³/mol. The van der Waals surface area contributed by atoms with E-state index in [2.05, 4.69) is 15.0 Å². The average molecular weight is 454 g/mol. The van der Waals surface area contributed by atoms with E-state index < -0.39 is 11.0 Å². The minimum Gasteiger partial charge on any atom is -0.490 e. The van der Waals surface area contributed by atoms with Crippen molar-refractivity contribution in [3.63, 3.8) is 0 Å². The number of pyridine rings is 1. The smallest absolute Gasteiger partial charge is 0.404 e. The summed E-state index contributed by atoms with van der Waals surface area (Å²) in [6.07, 6.45) is 0.999. The molecule has 33 heavy (non-hydrogen) atoms. The summed E-state index contributed by atoms with van der Waals surface area (Å²) in [6, 6.07) is 14.5. The van der Waals surface area contributed by atoms with Crippen LogP contribution in [0.25, 0.3) is 10.9 Å². The average Bonchev–Trinajstić information content (AvgIpc) is 2.81. The van der Waals surface area contributed by atoms with Gasteiger partial charge in [-0.25, -0.2) is 9.78 Å². The highest BCUT2D eigenvalue weighted by molar-refractivity contribution is 5.95. The number of benzene rings is 2. The van der Waals surface area contributed by atoms with Gasteiger partial charge in [-0.2, -0.15) is 0 Å². The Bertz CT molecular complexity index is 1090. The third-order valence-corrected chi connectivity index (χ3v) is 4.83. The minimum absolute atomic E-state index is 0.0656. The molecule has 0 aliphatic heterocycles. The van der Waals surface area contributed by atoms with Crippen LogP contribution in [0, 0.1) is 10.1 Å². The van der Waals surface area contributed by atoms with Crippen molar-refractivity contribution in [1.29, 1.82) is 0 Å². The third kappa shape index (κ3) is 6.78. The molecular weight excluding hydrogens is 428 g/mol. The van der Waals surface area contributed by atoms with Crippen LogP contribution >= 0.6 is 0 Å². The Kier molecular flexibility index (Phi) is 8.36. The lowest BCUT2D eigenvalue weighted by molar-refractivity contribution is -0.384. The van der Waals surface area contributed by atoms with Crippen LogP contribution in [0.1, 0.15) is 12.5 Å². The number of para-hydroxylation sites is 1. The van der Waals surface area contributed by atoms with Gasteiger partial charge in [0.2, 0.25) is 0 Å². The lowest BCUT2D eigenvalue weighted by atomic mass is 10.0. The first kappa shape index (κ1) is 23.7. The lowest BCUT2D eigenvalue weighted by Gasteiger charge is -2.21. The van der Waals surface area contributed by atoms with E-state index in [0.29, 0.717) is 42.0 Å². The largest absolute Gasteiger partial charge is 0.490 e. The summed E-state index contributed by atoms with van der Waals surface area (Å²) < 4.78 is 15.8. The highest BCUT2D eigenvalue weighted by atomic mass is 16.6. The zero-order valence-electron chi connectivity index (χ0n) is 18.2. The number of aromatic nitrogens is 1. The van der Waals surface area contributed by atoms with E-state index in [9.17, 15) is 14.9 Å². The molecule has 0 saturated carbocycles. The molecule has 2 aromatic carbocycles. The molecule has 174 valence electrons. The van der Waals surface area contributed by atoms with Gasteiger partial charge in [-0.15, -0.1) is 0 Å². The maximum Gasteiger partial charge on any atom is 0.404 e. The molecule has 0 aliphatic rings. The fraction of sp³-hybridized carbons (Fsp3) is 0.304. The van der Waals surface area contributed by atoms with Gasteiger partial charge in [0.05, 0.1) is 23.1 Å². The van der Waals surface area contributed by atoms with Crippen molar-refractivity contribution < 1.29 is 23.9 Å². The monoisotopic (exact) mass is 454 g/mol. The van der Waals surface area contributed by atoms with Gasteiger partial charge in [0.1, 0.15) is 30.8 Å². The summed E-state index contributed by atoms with van der Waals surface area (Å²) in [6.45, 7) is 3.05. The summed E-state index contributed by atoms with van der Waals surface area (Å²) in [5.41, 5.74) is 6.91. The Labute approximate surface area is 190 Å². The Morgan fingerprint density at radius 1 is 1.18 bits per heavy atom. The SMILES string of the molecule is CCOC[C@H](Cc1ccc(OCCOC(N)=O)cc1)Nc1c([N+](=O)[O-])cnc2ccccc12. The zero-order chi connectivity index (χ0) is 23.6. The van der Waals surface area contributed by atoms with Crippen molar-refractivity contribution in [2.45, 2.75) is 19.4 Å². The van der Waals surface area contributed by atoms with Crippen LogP contribution in [-0.4, -0.2) is 48.5 Å². The molecule has 1 aromatic heterocycles. The zero-order valence-corrected chi connectivity index (χ0v) is 18.2. The highest BCUT2D eigenvalue weighted by Gasteiger charge is 2.21. The van der Waals surface area contributed by atoms with Crippen LogP contribution in [0.15, 0.2) is 54.7 Å². The molecule has 10 heteroatoms. The molecule has 3 aromatic rings. The quantitative estimate of drug-likeness (QED) is 0.240. The molecule has 0 saturated heterocycles. The Morgan fingerprint density at radius 3 is 2.64 bits per heavy atom. The van der Waals surface area contributed by atoms with E-state index >= 15 is 0 Å². The summed E-state index contributed by atoms with van der Waals surface area (Å²) in [4.78, 5) is 26.0. The summed E-state index contributed by atoms with van der Waals surface area (Å²) in [5.74, 6) is 0.622. The number of ether oxygens (including phenoxy) is 3.